The van der Waals surface area contributed by atoms with Gasteiger partial charge in [0.05, 0.1) is 14.2 Å². The molecule has 0 aliphatic carbocycles. The monoisotopic (exact) mass is 279 g/mol. The first-order valence-electron chi connectivity index (χ1n) is 6.66. The molecule has 0 radical (unpaired) electrons. The molecule has 1 aliphatic heterocycles. The Morgan fingerprint density at radius 3 is 2.50 bits per heavy atom. The van der Waals surface area contributed by atoms with Crippen molar-refractivity contribution in [3.05, 3.63) is 22.8 Å². The normalized spacial score (nSPS) is 17.1. The van der Waals surface area contributed by atoms with Gasteiger partial charge in [-0.1, -0.05) is 6.92 Å². The van der Waals surface area contributed by atoms with Crippen LogP contribution in [0.4, 0.5) is 0 Å². The zero-order chi connectivity index (χ0) is 14.9. The fourth-order valence-electron chi connectivity index (χ4n) is 2.62. The molecule has 1 heterocycles. The Hall–Kier alpha value is -1.75. The summed E-state index contributed by atoms with van der Waals surface area (Å²) in [5, 5.41) is 0. The average molecular weight is 279 g/mol. The third-order valence-electron chi connectivity index (χ3n) is 3.48. The van der Waals surface area contributed by atoms with Gasteiger partial charge in [-0.05, 0) is 26.6 Å². The second-order valence-electron chi connectivity index (χ2n) is 5.06. The predicted octanol–water partition coefficient (Wildman–Crippen LogP) is 2.04. The third kappa shape index (κ3) is 2.33. The van der Waals surface area contributed by atoms with Gasteiger partial charge in [-0.3, -0.25) is 0 Å². The SMILES string of the molecule is CCc1c(OC)cc2c(c1OC)C(=O)O[C@@H]2CN(C)C. The summed E-state index contributed by atoms with van der Waals surface area (Å²) in [4.78, 5) is 14.1. The van der Waals surface area contributed by atoms with E-state index < -0.39 is 0 Å². The molecule has 0 unspecified atom stereocenters. The first-order valence-corrected chi connectivity index (χ1v) is 6.66. The Morgan fingerprint density at radius 1 is 1.30 bits per heavy atom. The molecule has 5 heteroatoms. The highest BCUT2D eigenvalue weighted by molar-refractivity contribution is 5.98. The maximum absolute atomic E-state index is 12.1. The van der Waals surface area contributed by atoms with Gasteiger partial charge in [0, 0.05) is 17.7 Å². The van der Waals surface area contributed by atoms with E-state index in [0.29, 0.717) is 17.9 Å². The van der Waals surface area contributed by atoms with Crippen LogP contribution in [0.15, 0.2) is 6.07 Å². The standard InChI is InChI=1S/C15H21NO4/c1-6-9-11(18-4)7-10-12(8-16(2)3)20-15(17)13(10)14(9)19-5/h7,12H,6,8H2,1-5H3/t12-/m1/s1. The van der Waals surface area contributed by atoms with Gasteiger partial charge >= 0.3 is 5.97 Å². The minimum atomic E-state index is -0.318. The van der Waals surface area contributed by atoms with Crippen molar-refractivity contribution in [2.24, 2.45) is 0 Å². The fraction of sp³-hybridized carbons (Fsp3) is 0.533. The number of hydrogen-bond acceptors (Lipinski definition) is 5. The molecular weight excluding hydrogens is 258 g/mol. The topological polar surface area (TPSA) is 48.0 Å². The van der Waals surface area contributed by atoms with Crippen molar-refractivity contribution in [3.8, 4) is 11.5 Å². The van der Waals surface area contributed by atoms with Crippen LogP contribution in [0.25, 0.3) is 0 Å². The summed E-state index contributed by atoms with van der Waals surface area (Å²) in [6, 6.07) is 1.90. The van der Waals surface area contributed by atoms with E-state index in [9.17, 15) is 4.79 Å². The van der Waals surface area contributed by atoms with Crippen LogP contribution in [-0.4, -0.2) is 45.7 Å². The van der Waals surface area contributed by atoms with E-state index in [1.54, 1.807) is 14.2 Å². The summed E-state index contributed by atoms with van der Waals surface area (Å²) < 4.78 is 16.4. The molecule has 0 fully saturated rings. The summed E-state index contributed by atoms with van der Waals surface area (Å²) in [5.74, 6) is 0.999. The Morgan fingerprint density at radius 2 is 2.00 bits per heavy atom. The molecular formula is C15H21NO4. The van der Waals surface area contributed by atoms with Crippen LogP contribution in [0.2, 0.25) is 0 Å². The largest absolute Gasteiger partial charge is 0.496 e. The summed E-state index contributed by atoms with van der Waals surface area (Å²) in [6.07, 6.45) is 0.451. The van der Waals surface area contributed by atoms with Crippen molar-refractivity contribution in [3.63, 3.8) is 0 Å². The number of esters is 1. The second kappa shape index (κ2) is 5.71. The Balaban J connectivity index is 2.60. The average Bonchev–Trinajstić information content (AvgIpc) is 2.72. The van der Waals surface area contributed by atoms with E-state index in [1.807, 2.05) is 32.0 Å². The first kappa shape index (κ1) is 14.7. The summed E-state index contributed by atoms with van der Waals surface area (Å²) in [5.41, 5.74) is 2.28. The molecule has 0 amide bonds. The molecule has 0 aromatic heterocycles. The lowest BCUT2D eigenvalue weighted by molar-refractivity contribution is 0.0330. The van der Waals surface area contributed by atoms with Crippen LogP contribution >= 0.6 is 0 Å². The number of likely N-dealkylation sites (N-methyl/N-ethyl adjacent to an activating group) is 1. The van der Waals surface area contributed by atoms with Crippen LogP contribution < -0.4 is 9.47 Å². The molecule has 110 valence electrons. The quantitative estimate of drug-likeness (QED) is 0.772. The number of hydrogen-bond donors (Lipinski definition) is 0. The molecule has 0 bridgehead atoms. The van der Waals surface area contributed by atoms with Crippen molar-refractivity contribution in [2.45, 2.75) is 19.4 Å². The number of methoxy groups -OCH3 is 2. The summed E-state index contributed by atoms with van der Waals surface area (Å²) >= 11 is 0. The van der Waals surface area contributed by atoms with Gasteiger partial charge in [0.15, 0.2) is 0 Å². The molecule has 20 heavy (non-hydrogen) atoms. The minimum Gasteiger partial charge on any atom is -0.496 e. The molecule has 1 aliphatic rings. The van der Waals surface area contributed by atoms with Crippen LogP contribution in [0.1, 0.15) is 34.5 Å². The second-order valence-corrected chi connectivity index (χ2v) is 5.06. The Bertz CT molecular complexity index is 525. The lowest BCUT2D eigenvalue weighted by Crippen LogP contribution is -2.20. The van der Waals surface area contributed by atoms with E-state index >= 15 is 0 Å². The lowest BCUT2D eigenvalue weighted by Gasteiger charge is -2.18. The van der Waals surface area contributed by atoms with Gasteiger partial charge < -0.3 is 19.1 Å². The summed E-state index contributed by atoms with van der Waals surface area (Å²) in [6.45, 7) is 2.64. The zero-order valence-corrected chi connectivity index (χ0v) is 12.6. The highest BCUT2D eigenvalue weighted by atomic mass is 16.6. The number of carbonyl (C=O) groups is 1. The van der Waals surface area contributed by atoms with Gasteiger partial charge in [0.25, 0.3) is 0 Å². The van der Waals surface area contributed by atoms with Crippen LogP contribution in [0, 0.1) is 0 Å². The smallest absolute Gasteiger partial charge is 0.343 e. The Kier molecular flexibility index (Phi) is 4.18. The van der Waals surface area contributed by atoms with E-state index in [1.165, 1.54) is 0 Å². The van der Waals surface area contributed by atoms with Gasteiger partial charge in [0.2, 0.25) is 0 Å². The molecule has 1 aromatic rings. The maximum Gasteiger partial charge on any atom is 0.343 e. The molecule has 0 saturated heterocycles. The number of fused-ring (bicyclic) bond motifs is 1. The first-order chi connectivity index (χ1) is 9.53. The molecule has 0 saturated carbocycles. The van der Waals surface area contributed by atoms with E-state index in [0.717, 1.165) is 23.3 Å². The van der Waals surface area contributed by atoms with Crippen molar-refractivity contribution >= 4 is 5.97 Å². The van der Waals surface area contributed by atoms with Gasteiger partial charge in [-0.15, -0.1) is 0 Å². The van der Waals surface area contributed by atoms with Crippen molar-refractivity contribution in [1.82, 2.24) is 4.90 Å². The van der Waals surface area contributed by atoms with Crippen LogP contribution in [0.5, 0.6) is 11.5 Å². The molecule has 5 nitrogen and oxygen atoms in total. The van der Waals surface area contributed by atoms with Crippen LogP contribution in [0.3, 0.4) is 0 Å². The van der Waals surface area contributed by atoms with Crippen molar-refractivity contribution < 1.29 is 19.0 Å². The Labute approximate surface area is 119 Å². The molecule has 0 N–H and O–H groups in total. The molecule has 0 spiro atoms. The van der Waals surface area contributed by atoms with E-state index in [-0.39, 0.29) is 12.1 Å². The minimum absolute atomic E-state index is 0.277. The van der Waals surface area contributed by atoms with Crippen molar-refractivity contribution in [1.29, 1.82) is 0 Å². The highest BCUT2D eigenvalue weighted by Gasteiger charge is 2.36. The number of ether oxygens (including phenoxy) is 3. The number of benzene rings is 1. The van der Waals surface area contributed by atoms with Gasteiger partial charge in [0.1, 0.15) is 23.2 Å². The van der Waals surface area contributed by atoms with Crippen LogP contribution in [-0.2, 0) is 11.2 Å². The number of nitrogens with zero attached hydrogens (tertiary/aromatic N) is 1. The zero-order valence-electron chi connectivity index (χ0n) is 12.6. The van der Waals surface area contributed by atoms with E-state index in [4.69, 9.17) is 14.2 Å². The number of cyclic esters (lactones) is 1. The number of carbonyl (C=O) groups excluding carboxylic acids is 1. The molecule has 1 atom stereocenters. The van der Waals surface area contributed by atoms with Crippen molar-refractivity contribution in [2.75, 3.05) is 34.9 Å². The molecule has 1 aromatic carbocycles. The predicted molar refractivity (Wildman–Crippen MR) is 75.6 cm³/mol. The van der Waals surface area contributed by atoms with Gasteiger partial charge in [-0.2, -0.15) is 0 Å². The molecule has 2 rings (SSSR count). The van der Waals surface area contributed by atoms with E-state index in [2.05, 4.69) is 0 Å². The van der Waals surface area contributed by atoms with Gasteiger partial charge in [-0.25, -0.2) is 4.79 Å². The maximum atomic E-state index is 12.1. The highest BCUT2D eigenvalue weighted by Crippen LogP contribution is 2.43. The summed E-state index contributed by atoms with van der Waals surface area (Å²) in [7, 11) is 7.08. The lowest BCUT2D eigenvalue weighted by atomic mass is 9.97. The third-order valence-corrected chi connectivity index (χ3v) is 3.48. The number of rotatable bonds is 5. The fourth-order valence-corrected chi connectivity index (χ4v) is 2.62.